The number of rotatable bonds is 8. The molecule has 1 aliphatic heterocycles. The van der Waals surface area contributed by atoms with Crippen molar-refractivity contribution in [2.75, 3.05) is 19.6 Å². The number of hydrogen-bond acceptors (Lipinski definition) is 3. The first-order chi connectivity index (χ1) is 15.0. The Kier molecular flexibility index (Phi) is 8.42. The minimum Gasteiger partial charge on any atom is -0.353 e. The number of amides is 2. The van der Waals surface area contributed by atoms with Crippen molar-refractivity contribution in [2.24, 2.45) is 0 Å². The Morgan fingerprint density at radius 1 is 1.00 bits per heavy atom. The van der Waals surface area contributed by atoms with E-state index in [1.165, 1.54) is 5.57 Å². The molecule has 0 aliphatic carbocycles. The molecule has 1 unspecified atom stereocenters. The maximum absolute atomic E-state index is 12.8. The second-order valence-corrected chi connectivity index (χ2v) is 8.43. The van der Waals surface area contributed by atoms with Crippen molar-refractivity contribution >= 4 is 11.8 Å². The molecule has 5 nitrogen and oxygen atoms in total. The third-order valence-electron chi connectivity index (χ3n) is 5.64. The van der Waals surface area contributed by atoms with Crippen LogP contribution in [0.15, 0.2) is 72.3 Å². The molecule has 3 rings (SSSR count). The fourth-order valence-electron chi connectivity index (χ4n) is 3.81. The Morgan fingerprint density at radius 2 is 1.61 bits per heavy atom. The molecule has 5 heteroatoms. The number of benzene rings is 2. The molecule has 1 aliphatic rings. The lowest BCUT2D eigenvalue weighted by molar-refractivity contribution is -0.122. The number of carbonyl (C=O) groups is 2. The Labute approximate surface area is 185 Å². The highest BCUT2D eigenvalue weighted by Crippen LogP contribution is 2.18. The van der Waals surface area contributed by atoms with Gasteiger partial charge in [0.05, 0.1) is 12.5 Å². The van der Waals surface area contributed by atoms with Crippen LogP contribution in [0, 0.1) is 0 Å². The maximum Gasteiger partial charge on any atom is 0.251 e. The highest BCUT2D eigenvalue weighted by atomic mass is 16.2. The molecule has 2 amide bonds. The molecule has 164 valence electrons. The summed E-state index contributed by atoms with van der Waals surface area (Å²) in [6, 6.07) is 18.6. The van der Waals surface area contributed by atoms with E-state index in [0.29, 0.717) is 5.56 Å². The van der Waals surface area contributed by atoms with E-state index < -0.39 is 0 Å². The average Bonchev–Trinajstić information content (AvgIpc) is 2.79. The zero-order chi connectivity index (χ0) is 22.1. The fraction of sp³-hybridized carbons (Fsp3) is 0.385. The second kappa shape index (κ2) is 11.5. The highest BCUT2D eigenvalue weighted by Gasteiger charge is 2.23. The van der Waals surface area contributed by atoms with Crippen LogP contribution in [0.25, 0.3) is 0 Å². The molecular weight excluding hydrogens is 386 g/mol. The number of carbonyl (C=O) groups excluding carboxylic acids is 2. The van der Waals surface area contributed by atoms with Gasteiger partial charge in [-0.2, -0.15) is 0 Å². The van der Waals surface area contributed by atoms with Gasteiger partial charge in [0.25, 0.3) is 5.91 Å². The van der Waals surface area contributed by atoms with Crippen LogP contribution < -0.4 is 10.6 Å². The number of allylic oxidation sites excluding steroid dienone is 1. The summed E-state index contributed by atoms with van der Waals surface area (Å²) in [4.78, 5) is 27.9. The molecule has 1 saturated heterocycles. The Hall–Kier alpha value is -2.92. The lowest BCUT2D eigenvalue weighted by Gasteiger charge is -2.32. The molecule has 31 heavy (non-hydrogen) atoms. The molecule has 2 N–H and O–H groups in total. The van der Waals surface area contributed by atoms with Crippen LogP contribution in [0.5, 0.6) is 0 Å². The van der Waals surface area contributed by atoms with Gasteiger partial charge in [-0.3, -0.25) is 14.5 Å². The van der Waals surface area contributed by atoms with Gasteiger partial charge in [-0.1, -0.05) is 60.2 Å². The van der Waals surface area contributed by atoms with Crippen LogP contribution in [0.2, 0.25) is 0 Å². The van der Waals surface area contributed by atoms with Crippen molar-refractivity contribution in [1.29, 1.82) is 0 Å². The van der Waals surface area contributed by atoms with Gasteiger partial charge < -0.3 is 10.6 Å². The van der Waals surface area contributed by atoms with Crippen LogP contribution in [-0.2, 0) is 4.79 Å². The SMILES string of the molecule is CC(C)=CCN1CCC(NC(=O)CC(NC(=O)c2ccccc2)c2ccccc2)CC1. The number of nitrogens with one attached hydrogen (secondary N) is 2. The van der Waals surface area contributed by atoms with Crippen molar-refractivity contribution in [3.63, 3.8) is 0 Å². The number of likely N-dealkylation sites (tertiary alicyclic amines) is 1. The molecule has 0 spiro atoms. The summed E-state index contributed by atoms with van der Waals surface area (Å²) in [6.07, 6.45) is 4.38. The highest BCUT2D eigenvalue weighted by molar-refractivity contribution is 5.94. The van der Waals surface area contributed by atoms with Gasteiger partial charge >= 0.3 is 0 Å². The number of piperidine rings is 1. The van der Waals surface area contributed by atoms with E-state index in [1.54, 1.807) is 12.1 Å². The molecule has 1 fully saturated rings. The van der Waals surface area contributed by atoms with Gasteiger partial charge in [0.1, 0.15) is 0 Å². The molecule has 2 aromatic rings. The van der Waals surface area contributed by atoms with Crippen LogP contribution in [0.1, 0.15) is 55.1 Å². The van der Waals surface area contributed by atoms with E-state index in [1.807, 2.05) is 48.5 Å². The second-order valence-electron chi connectivity index (χ2n) is 8.43. The minimum absolute atomic E-state index is 0.0232. The first-order valence-electron chi connectivity index (χ1n) is 11.1. The lowest BCUT2D eigenvalue weighted by Crippen LogP contribution is -2.45. The zero-order valence-corrected chi connectivity index (χ0v) is 18.5. The predicted molar refractivity (Wildman–Crippen MR) is 125 cm³/mol. The Balaban J connectivity index is 1.56. The summed E-state index contributed by atoms with van der Waals surface area (Å²) < 4.78 is 0. The monoisotopic (exact) mass is 419 g/mol. The van der Waals surface area contributed by atoms with Gasteiger partial charge in [-0.25, -0.2) is 0 Å². The van der Waals surface area contributed by atoms with Crippen molar-refractivity contribution in [3.8, 4) is 0 Å². The Bertz CT molecular complexity index is 868. The number of nitrogens with zero attached hydrogens (tertiary/aromatic N) is 1. The first kappa shape index (κ1) is 22.8. The van der Waals surface area contributed by atoms with Crippen molar-refractivity contribution in [2.45, 2.75) is 45.2 Å². The molecule has 0 bridgehead atoms. The number of hydrogen-bond donors (Lipinski definition) is 2. The van der Waals surface area contributed by atoms with Crippen molar-refractivity contribution in [1.82, 2.24) is 15.5 Å². The summed E-state index contributed by atoms with van der Waals surface area (Å²) in [5.41, 5.74) is 2.85. The molecule has 0 radical (unpaired) electrons. The molecular formula is C26H33N3O2. The first-order valence-corrected chi connectivity index (χ1v) is 11.1. The van der Waals surface area contributed by atoms with Gasteiger partial charge in [0.15, 0.2) is 0 Å². The van der Waals surface area contributed by atoms with E-state index in [2.05, 4.69) is 35.5 Å². The van der Waals surface area contributed by atoms with E-state index in [4.69, 9.17) is 0 Å². The molecule has 1 heterocycles. The quantitative estimate of drug-likeness (QED) is 0.634. The fourth-order valence-corrected chi connectivity index (χ4v) is 3.81. The largest absolute Gasteiger partial charge is 0.353 e. The van der Waals surface area contributed by atoms with Crippen molar-refractivity contribution < 1.29 is 9.59 Å². The maximum atomic E-state index is 12.8. The van der Waals surface area contributed by atoms with Gasteiger partial charge in [-0.05, 0) is 44.4 Å². The summed E-state index contributed by atoms with van der Waals surface area (Å²) in [5.74, 6) is -0.195. The van der Waals surface area contributed by atoms with E-state index in [-0.39, 0.29) is 30.3 Å². The average molecular weight is 420 g/mol. The summed E-state index contributed by atoms with van der Waals surface area (Å²) in [5, 5.41) is 6.22. The third kappa shape index (κ3) is 7.37. The van der Waals surface area contributed by atoms with Crippen LogP contribution in [0.4, 0.5) is 0 Å². The normalized spacial score (nSPS) is 15.7. The van der Waals surface area contributed by atoms with Crippen molar-refractivity contribution in [3.05, 3.63) is 83.4 Å². The molecule has 2 aromatic carbocycles. The van der Waals surface area contributed by atoms with E-state index in [0.717, 1.165) is 38.0 Å². The van der Waals surface area contributed by atoms with Crippen LogP contribution in [0.3, 0.4) is 0 Å². The van der Waals surface area contributed by atoms with E-state index >= 15 is 0 Å². The summed E-state index contributed by atoms with van der Waals surface area (Å²) in [6.45, 7) is 7.19. The lowest BCUT2D eigenvalue weighted by atomic mass is 10.0. The minimum atomic E-state index is -0.369. The third-order valence-corrected chi connectivity index (χ3v) is 5.64. The topological polar surface area (TPSA) is 61.4 Å². The summed E-state index contributed by atoms with van der Waals surface area (Å²) in [7, 11) is 0. The van der Waals surface area contributed by atoms with Gasteiger partial charge in [-0.15, -0.1) is 0 Å². The van der Waals surface area contributed by atoms with Crippen LogP contribution >= 0.6 is 0 Å². The summed E-state index contributed by atoms with van der Waals surface area (Å²) >= 11 is 0. The van der Waals surface area contributed by atoms with Gasteiger partial charge in [0.2, 0.25) is 5.91 Å². The van der Waals surface area contributed by atoms with Gasteiger partial charge in [0, 0.05) is 31.2 Å². The molecule has 0 saturated carbocycles. The zero-order valence-electron chi connectivity index (χ0n) is 18.5. The molecule has 1 atom stereocenters. The van der Waals surface area contributed by atoms with E-state index in [9.17, 15) is 9.59 Å². The Morgan fingerprint density at radius 3 is 2.23 bits per heavy atom. The van der Waals surface area contributed by atoms with Crippen LogP contribution in [-0.4, -0.2) is 42.4 Å². The smallest absolute Gasteiger partial charge is 0.251 e. The molecule has 0 aromatic heterocycles. The predicted octanol–water partition coefficient (Wildman–Crippen LogP) is 4.09. The standard InChI is InChI=1S/C26H33N3O2/c1-20(2)13-16-29-17-14-23(15-18-29)27-25(30)19-24(21-9-5-3-6-10-21)28-26(31)22-11-7-4-8-12-22/h3-13,23-24H,14-19H2,1-2H3,(H,27,30)(H,28,31).